The minimum Gasteiger partial charge on any atom is -0.497 e. The van der Waals surface area contributed by atoms with Gasteiger partial charge in [0.1, 0.15) is 5.75 Å². The van der Waals surface area contributed by atoms with E-state index in [1.807, 2.05) is 6.92 Å². The Morgan fingerprint density at radius 2 is 1.72 bits per heavy atom. The molecule has 9 heteroatoms. The normalized spacial score (nSPS) is 16.9. The molecular formula is C23H29N3O5S. The van der Waals surface area contributed by atoms with Crippen LogP contribution in [0, 0.1) is 6.92 Å². The topological polar surface area (TPSA) is 105 Å². The minimum absolute atomic E-state index is 0.208. The highest BCUT2D eigenvalue weighted by Gasteiger charge is 2.33. The number of anilines is 1. The smallest absolute Gasteiger partial charge is 0.313 e. The van der Waals surface area contributed by atoms with E-state index in [9.17, 15) is 18.0 Å². The predicted molar refractivity (Wildman–Crippen MR) is 122 cm³/mol. The van der Waals surface area contributed by atoms with E-state index in [1.54, 1.807) is 55.6 Å². The number of piperidine rings is 1. The van der Waals surface area contributed by atoms with Gasteiger partial charge >= 0.3 is 11.8 Å². The molecule has 1 aliphatic heterocycles. The third kappa shape index (κ3) is 5.86. The van der Waals surface area contributed by atoms with Gasteiger partial charge in [-0.25, -0.2) is 8.42 Å². The van der Waals surface area contributed by atoms with Crippen molar-refractivity contribution in [2.45, 2.75) is 43.5 Å². The fourth-order valence-corrected chi connectivity index (χ4v) is 5.44. The Morgan fingerprint density at radius 1 is 1.03 bits per heavy atom. The number of aryl methyl sites for hydroxylation is 1. The first-order chi connectivity index (χ1) is 15.3. The quantitative estimate of drug-likeness (QED) is 0.620. The number of ether oxygens (including phenoxy) is 1. The monoisotopic (exact) mass is 459 g/mol. The Bertz CT molecular complexity index is 1040. The molecule has 0 saturated carbocycles. The van der Waals surface area contributed by atoms with E-state index in [0.29, 0.717) is 24.4 Å². The van der Waals surface area contributed by atoms with E-state index in [4.69, 9.17) is 4.74 Å². The van der Waals surface area contributed by atoms with Gasteiger partial charge in [0.25, 0.3) is 0 Å². The molecule has 172 valence electrons. The van der Waals surface area contributed by atoms with Crippen LogP contribution < -0.4 is 15.4 Å². The number of amides is 2. The van der Waals surface area contributed by atoms with Gasteiger partial charge in [0.05, 0.1) is 12.0 Å². The molecule has 1 fully saturated rings. The maximum Gasteiger partial charge on any atom is 0.313 e. The molecule has 32 heavy (non-hydrogen) atoms. The van der Waals surface area contributed by atoms with Gasteiger partial charge in [-0.05, 0) is 62.6 Å². The lowest BCUT2D eigenvalue weighted by Gasteiger charge is -2.34. The maximum absolute atomic E-state index is 13.1. The summed E-state index contributed by atoms with van der Waals surface area (Å²) in [4.78, 5) is 24.6. The van der Waals surface area contributed by atoms with Crippen molar-refractivity contribution in [3.63, 3.8) is 0 Å². The summed E-state index contributed by atoms with van der Waals surface area (Å²) in [5.74, 6) is -0.891. The van der Waals surface area contributed by atoms with Crippen LogP contribution in [-0.4, -0.2) is 50.8 Å². The molecule has 2 N–H and O–H groups in total. The van der Waals surface area contributed by atoms with Gasteiger partial charge in [-0.15, -0.1) is 0 Å². The fourth-order valence-electron chi connectivity index (χ4n) is 3.72. The standard InChI is InChI=1S/C23H29N3O5S/c1-17-6-12-21(13-7-17)32(29,30)26-16-4-3-5-19(26)14-15-24-22(27)23(28)25-18-8-10-20(31-2)11-9-18/h6-13,19H,3-5,14-16H2,1-2H3,(H,24,27)(H,25,28). The fraction of sp³-hybridized carbons (Fsp3) is 0.391. The third-order valence-corrected chi connectivity index (χ3v) is 7.48. The molecule has 2 amide bonds. The largest absolute Gasteiger partial charge is 0.497 e. The minimum atomic E-state index is -3.61. The Hall–Kier alpha value is -2.91. The highest BCUT2D eigenvalue weighted by Crippen LogP contribution is 2.27. The zero-order chi connectivity index (χ0) is 23.1. The summed E-state index contributed by atoms with van der Waals surface area (Å²) < 4.78 is 32.8. The van der Waals surface area contributed by atoms with E-state index in [1.165, 1.54) is 4.31 Å². The van der Waals surface area contributed by atoms with E-state index in [0.717, 1.165) is 24.8 Å². The van der Waals surface area contributed by atoms with Crippen molar-refractivity contribution in [2.75, 3.05) is 25.5 Å². The second-order valence-electron chi connectivity index (χ2n) is 7.81. The summed E-state index contributed by atoms with van der Waals surface area (Å²) in [6.45, 7) is 2.57. The molecule has 2 aromatic carbocycles. The van der Waals surface area contributed by atoms with Gasteiger partial charge in [-0.1, -0.05) is 24.1 Å². The number of methoxy groups -OCH3 is 1. The molecule has 1 heterocycles. The van der Waals surface area contributed by atoms with Crippen LogP contribution in [0.5, 0.6) is 5.75 Å². The van der Waals surface area contributed by atoms with Crippen LogP contribution in [0.25, 0.3) is 0 Å². The molecule has 0 aromatic heterocycles. The average Bonchev–Trinajstić information content (AvgIpc) is 2.80. The molecule has 8 nitrogen and oxygen atoms in total. The molecule has 0 bridgehead atoms. The molecule has 1 saturated heterocycles. The molecule has 0 radical (unpaired) electrons. The van der Waals surface area contributed by atoms with Gasteiger partial charge in [0.15, 0.2) is 0 Å². The second-order valence-corrected chi connectivity index (χ2v) is 9.70. The van der Waals surface area contributed by atoms with Crippen LogP contribution in [0.15, 0.2) is 53.4 Å². The maximum atomic E-state index is 13.1. The van der Waals surface area contributed by atoms with Crippen LogP contribution in [-0.2, 0) is 19.6 Å². The molecule has 0 spiro atoms. The number of sulfonamides is 1. The molecule has 3 rings (SSSR count). The molecule has 1 atom stereocenters. The van der Waals surface area contributed by atoms with Crippen LogP contribution in [0.1, 0.15) is 31.2 Å². The van der Waals surface area contributed by atoms with Crippen LogP contribution >= 0.6 is 0 Å². The van der Waals surface area contributed by atoms with E-state index in [2.05, 4.69) is 10.6 Å². The molecule has 1 unspecified atom stereocenters. The van der Waals surface area contributed by atoms with Crippen molar-refractivity contribution in [2.24, 2.45) is 0 Å². The number of benzene rings is 2. The Morgan fingerprint density at radius 3 is 2.38 bits per heavy atom. The van der Waals surface area contributed by atoms with Gasteiger partial charge in [-0.2, -0.15) is 4.31 Å². The SMILES string of the molecule is COc1ccc(NC(=O)C(=O)NCCC2CCCCN2S(=O)(=O)c2ccc(C)cc2)cc1. The zero-order valence-electron chi connectivity index (χ0n) is 18.3. The second kappa shape index (κ2) is 10.6. The highest BCUT2D eigenvalue weighted by atomic mass is 32.2. The first-order valence-corrected chi connectivity index (χ1v) is 12.1. The van der Waals surface area contributed by atoms with Gasteiger partial charge in [0, 0.05) is 24.8 Å². The van der Waals surface area contributed by atoms with E-state index >= 15 is 0 Å². The van der Waals surface area contributed by atoms with Crippen molar-refractivity contribution < 1.29 is 22.7 Å². The number of hydrogen-bond acceptors (Lipinski definition) is 5. The van der Waals surface area contributed by atoms with Crippen molar-refractivity contribution in [1.29, 1.82) is 0 Å². The Labute approximate surface area is 189 Å². The summed E-state index contributed by atoms with van der Waals surface area (Å²) in [7, 11) is -2.07. The summed E-state index contributed by atoms with van der Waals surface area (Å²) in [5.41, 5.74) is 1.48. The number of hydrogen-bond donors (Lipinski definition) is 2. The van der Waals surface area contributed by atoms with Gasteiger partial charge < -0.3 is 15.4 Å². The molecule has 0 aliphatic carbocycles. The van der Waals surface area contributed by atoms with Crippen molar-refractivity contribution >= 4 is 27.5 Å². The summed E-state index contributed by atoms with van der Waals surface area (Å²) in [5, 5.41) is 5.12. The van der Waals surface area contributed by atoms with Crippen molar-refractivity contribution in [1.82, 2.24) is 9.62 Å². The van der Waals surface area contributed by atoms with Crippen LogP contribution in [0.4, 0.5) is 5.69 Å². The summed E-state index contributed by atoms with van der Waals surface area (Å²) >= 11 is 0. The van der Waals surface area contributed by atoms with Gasteiger partial charge in [0.2, 0.25) is 10.0 Å². The lowest BCUT2D eigenvalue weighted by Crippen LogP contribution is -2.45. The van der Waals surface area contributed by atoms with E-state index in [-0.39, 0.29) is 17.5 Å². The lowest BCUT2D eigenvalue weighted by molar-refractivity contribution is -0.136. The molecule has 2 aromatic rings. The Balaban J connectivity index is 1.55. The zero-order valence-corrected chi connectivity index (χ0v) is 19.2. The van der Waals surface area contributed by atoms with Crippen LogP contribution in [0.2, 0.25) is 0 Å². The number of nitrogens with zero attached hydrogens (tertiary/aromatic N) is 1. The lowest BCUT2D eigenvalue weighted by atomic mass is 10.0. The van der Waals surface area contributed by atoms with E-state index < -0.39 is 21.8 Å². The van der Waals surface area contributed by atoms with Crippen molar-refractivity contribution in [3.8, 4) is 5.75 Å². The summed E-state index contributed by atoms with van der Waals surface area (Å²) in [6.07, 6.45) is 2.89. The first kappa shape index (κ1) is 23.7. The molecule has 1 aliphatic rings. The number of rotatable bonds is 7. The van der Waals surface area contributed by atoms with Gasteiger partial charge in [-0.3, -0.25) is 9.59 Å². The highest BCUT2D eigenvalue weighted by molar-refractivity contribution is 7.89. The van der Waals surface area contributed by atoms with Crippen LogP contribution in [0.3, 0.4) is 0 Å². The summed E-state index contributed by atoms with van der Waals surface area (Å²) in [6, 6.07) is 13.2. The molecular weight excluding hydrogens is 430 g/mol. The number of carbonyl (C=O) groups is 2. The van der Waals surface area contributed by atoms with Crippen molar-refractivity contribution in [3.05, 3.63) is 54.1 Å². The predicted octanol–water partition coefficient (Wildman–Crippen LogP) is 2.69. The third-order valence-electron chi connectivity index (χ3n) is 5.52. The Kier molecular flexibility index (Phi) is 7.87. The number of carbonyl (C=O) groups excluding carboxylic acids is 2. The average molecular weight is 460 g/mol. The number of nitrogens with one attached hydrogen (secondary N) is 2. The first-order valence-electron chi connectivity index (χ1n) is 10.6.